The predicted octanol–water partition coefficient (Wildman–Crippen LogP) is 1.65. The number of nitrogens with zero attached hydrogens (tertiary/aromatic N) is 2. The standard InChI is InChI=1S/C11H17N3/c12-10-5-4-6-13-11(10)9-14-7-2-1-3-8-14/h4-6H,1-3,7-9,12H2. The highest BCUT2D eigenvalue weighted by Gasteiger charge is 2.11. The SMILES string of the molecule is Nc1cccnc1CN1CCCCC1. The first-order chi connectivity index (χ1) is 6.86. The summed E-state index contributed by atoms with van der Waals surface area (Å²) < 4.78 is 0. The van der Waals surface area contributed by atoms with Gasteiger partial charge >= 0.3 is 0 Å². The van der Waals surface area contributed by atoms with E-state index in [1.165, 1.54) is 32.4 Å². The monoisotopic (exact) mass is 191 g/mol. The van der Waals surface area contributed by atoms with Crippen molar-refractivity contribution in [3.8, 4) is 0 Å². The van der Waals surface area contributed by atoms with E-state index in [9.17, 15) is 0 Å². The number of aromatic nitrogens is 1. The number of likely N-dealkylation sites (tertiary alicyclic amines) is 1. The Morgan fingerprint density at radius 3 is 2.79 bits per heavy atom. The van der Waals surface area contributed by atoms with Gasteiger partial charge < -0.3 is 5.73 Å². The number of hydrogen-bond donors (Lipinski definition) is 1. The van der Waals surface area contributed by atoms with E-state index in [1.807, 2.05) is 18.3 Å². The number of nitrogens with two attached hydrogens (primary N) is 1. The quantitative estimate of drug-likeness (QED) is 0.773. The van der Waals surface area contributed by atoms with E-state index in [1.54, 1.807) is 0 Å². The molecule has 1 fully saturated rings. The number of rotatable bonds is 2. The Bertz CT molecular complexity index is 292. The van der Waals surface area contributed by atoms with Crippen molar-refractivity contribution in [3.63, 3.8) is 0 Å². The summed E-state index contributed by atoms with van der Waals surface area (Å²) in [5, 5.41) is 0. The molecule has 0 aromatic carbocycles. The lowest BCUT2D eigenvalue weighted by molar-refractivity contribution is 0.219. The third-order valence-electron chi connectivity index (χ3n) is 2.75. The maximum atomic E-state index is 5.85. The Hall–Kier alpha value is -1.09. The van der Waals surface area contributed by atoms with Crippen LogP contribution in [-0.2, 0) is 6.54 Å². The van der Waals surface area contributed by atoms with Crippen molar-refractivity contribution in [2.45, 2.75) is 25.8 Å². The molecular formula is C11H17N3. The molecule has 2 heterocycles. The van der Waals surface area contributed by atoms with Gasteiger partial charge in [-0.25, -0.2) is 0 Å². The molecule has 0 aliphatic carbocycles. The van der Waals surface area contributed by atoms with Gasteiger partial charge in [-0.15, -0.1) is 0 Å². The van der Waals surface area contributed by atoms with Gasteiger partial charge in [0, 0.05) is 12.7 Å². The zero-order valence-electron chi connectivity index (χ0n) is 8.45. The van der Waals surface area contributed by atoms with Gasteiger partial charge in [-0.1, -0.05) is 6.42 Å². The first-order valence-electron chi connectivity index (χ1n) is 5.28. The molecule has 0 spiro atoms. The fourth-order valence-corrected chi connectivity index (χ4v) is 1.91. The van der Waals surface area contributed by atoms with Crippen molar-refractivity contribution in [1.29, 1.82) is 0 Å². The Kier molecular flexibility index (Phi) is 2.99. The highest BCUT2D eigenvalue weighted by atomic mass is 15.1. The van der Waals surface area contributed by atoms with Crippen molar-refractivity contribution in [2.24, 2.45) is 0 Å². The average molecular weight is 191 g/mol. The first-order valence-corrected chi connectivity index (χ1v) is 5.28. The minimum absolute atomic E-state index is 0.818. The molecule has 0 radical (unpaired) electrons. The Labute approximate surface area is 84.9 Å². The fraction of sp³-hybridized carbons (Fsp3) is 0.545. The second-order valence-electron chi connectivity index (χ2n) is 3.88. The Morgan fingerprint density at radius 1 is 1.29 bits per heavy atom. The van der Waals surface area contributed by atoms with E-state index >= 15 is 0 Å². The predicted molar refractivity (Wildman–Crippen MR) is 57.8 cm³/mol. The molecule has 0 saturated carbocycles. The molecule has 1 aromatic heterocycles. The molecule has 76 valence electrons. The molecule has 0 unspecified atom stereocenters. The summed E-state index contributed by atoms with van der Waals surface area (Å²) >= 11 is 0. The number of anilines is 1. The number of nitrogen functional groups attached to an aromatic ring is 1. The van der Waals surface area contributed by atoms with Crippen molar-refractivity contribution < 1.29 is 0 Å². The minimum atomic E-state index is 0.818. The largest absolute Gasteiger partial charge is 0.397 e. The second kappa shape index (κ2) is 4.42. The van der Waals surface area contributed by atoms with Crippen molar-refractivity contribution in [3.05, 3.63) is 24.0 Å². The van der Waals surface area contributed by atoms with Gasteiger partial charge in [0.2, 0.25) is 0 Å². The molecule has 2 rings (SSSR count). The third kappa shape index (κ3) is 2.23. The zero-order valence-corrected chi connectivity index (χ0v) is 8.45. The topological polar surface area (TPSA) is 42.1 Å². The molecular weight excluding hydrogens is 174 g/mol. The molecule has 3 nitrogen and oxygen atoms in total. The summed E-state index contributed by atoms with van der Waals surface area (Å²) in [6.45, 7) is 3.29. The van der Waals surface area contributed by atoms with Gasteiger partial charge in [0.25, 0.3) is 0 Å². The lowest BCUT2D eigenvalue weighted by Gasteiger charge is -2.26. The van der Waals surface area contributed by atoms with Crippen LogP contribution in [0.3, 0.4) is 0 Å². The summed E-state index contributed by atoms with van der Waals surface area (Å²) in [6.07, 6.45) is 5.81. The van der Waals surface area contributed by atoms with Crippen LogP contribution in [0.5, 0.6) is 0 Å². The van der Waals surface area contributed by atoms with Crippen molar-refractivity contribution in [1.82, 2.24) is 9.88 Å². The molecule has 0 bridgehead atoms. The molecule has 0 amide bonds. The summed E-state index contributed by atoms with van der Waals surface area (Å²) in [4.78, 5) is 6.74. The van der Waals surface area contributed by atoms with E-state index in [4.69, 9.17) is 5.73 Å². The van der Waals surface area contributed by atoms with Gasteiger partial charge in [0.05, 0.1) is 11.4 Å². The average Bonchev–Trinajstić information content (AvgIpc) is 2.23. The van der Waals surface area contributed by atoms with E-state index in [2.05, 4.69) is 9.88 Å². The lowest BCUT2D eigenvalue weighted by Crippen LogP contribution is -2.29. The number of piperidine rings is 1. The second-order valence-corrected chi connectivity index (χ2v) is 3.88. The molecule has 14 heavy (non-hydrogen) atoms. The molecule has 1 aromatic rings. The Morgan fingerprint density at radius 2 is 2.07 bits per heavy atom. The van der Waals surface area contributed by atoms with Crippen LogP contribution in [-0.4, -0.2) is 23.0 Å². The van der Waals surface area contributed by atoms with Gasteiger partial charge in [-0.2, -0.15) is 0 Å². The van der Waals surface area contributed by atoms with Gasteiger partial charge in [-0.05, 0) is 38.1 Å². The van der Waals surface area contributed by atoms with Crippen LogP contribution in [0.2, 0.25) is 0 Å². The maximum Gasteiger partial charge on any atom is 0.0772 e. The maximum absolute atomic E-state index is 5.85. The minimum Gasteiger partial charge on any atom is -0.397 e. The summed E-state index contributed by atoms with van der Waals surface area (Å²) in [7, 11) is 0. The van der Waals surface area contributed by atoms with Crippen LogP contribution in [0.15, 0.2) is 18.3 Å². The van der Waals surface area contributed by atoms with E-state index < -0.39 is 0 Å². The third-order valence-corrected chi connectivity index (χ3v) is 2.75. The number of hydrogen-bond acceptors (Lipinski definition) is 3. The van der Waals surface area contributed by atoms with E-state index in [0.717, 1.165) is 17.9 Å². The van der Waals surface area contributed by atoms with Crippen molar-refractivity contribution in [2.75, 3.05) is 18.8 Å². The van der Waals surface area contributed by atoms with Gasteiger partial charge in [0.15, 0.2) is 0 Å². The summed E-state index contributed by atoms with van der Waals surface area (Å²) in [5.41, 5.74) is 7.69. The molecule has 1 aliphatic heterocycles. The smallest absolute Gasteiger partial charge is 0.0772 e. The van der Waals surface area contributed by atoms with Crippen LogP contribution in [0.4, 0.5) is 5.69 Å². The van der Waals surface area contributed by atoms with Gasteiger partial charge in [0.1, 0.15) is 0 Å². The van der Waals surface area contributed by atoms with Crippen LogP contribution in [0.25, 0.3) is 0 Å². The molecule has 3 heteroatoms. The first kappa shape index (κ1) is 9.46. The zero-order chi connectivity index (χ0) is 9.80. The normalized spacial score (nSPS) is 18.3. The summed E-state index contributed by atoms with van der Waals surface area (Å²) in [6, 6.07) is 3.81. The highest BCUT2D eigenvalue weighted by molar-refractivity contribution is 5.41. The Balaban J connectivity index is 1.99. The van der Waals surface area contributed by atoms with Crippen molar-refractivity contribution >= 4 is 5.69 Å². The van der Waals surface area contributed by atoms with Crippen LogP contribution in [0, 0.1) is 0 Å². The van der Waals surface area contributed by atoms with E-state index in [0.29, 0.717) is 0 Å². The van der Waals surface area contributed by atoms with E-state index in [-0.39, 0.29) is 0 Å². The molecule has 0 atom stereocenters. The van der Waals surface area contributed by atoms with Crippen LogP contribution in [0.1, 0.15) is 25.0 Å². The summed E-state index contributed by atoms with van der Waals surface area (Å²) in [5.74, 6) is 0. The number of pyridine rings is 1. The lowest BCUT2D eigenvalue weighted by atomic mass is 10.1. The highest BCUT2D eigenvalue weighted by Crippen LogP contribution is 2.14. The van der Waals surface area contributed by atoms with Gasteiger partial charge in [-0.3, -0.25) is 9.88 Å². The molecule has 1 saturated heterocycles. The molecule has 2 N–H and O–H groups in total. The molecule has 1 aliphatic rings. The van der Waals surface area contributed by atoms with Crippen LogP contribution >= 0.6 is 0 Å². The fourth-order valence-electron chi connectivity index (χ4n) is 1.91. The van der Waals surface area contributed by atoms with Crippen LogP contribution < -0.4 is 5.73 Å².